The van der Waals surface area contributed by atoms with Crippen LogP contribution in [-0.4, -0.2) is 48.2 Å². The second kappa shape index (κ2) is 9.30. The van der Waals surface area contributed by atoms with Gasteiger partial charge in [0.05, 0.1) is 35.4 Å². The topological polar surface area (TPSA) is 80.5 Å². The van der Waals surface area contributed by atoms with Crippen molar-refractivity contribution in [2.24, 2.45) is 0 Å². The Hall–Kier alpha value is -2.55. The van der Waals surface area contributed by atoms with Crippen LogP contribution in [0.2, 0.25) is 5.02 Å². The molecule has 0 radical (unpaired) electrons. The highest BCUT2D eigenvalue weighted by Gasteiger charge is 2.19. The second-order valence-corrected chi connectivity index (χ2v) is 7.65. The molecule has 1 amide bonds. The Morgan fingerprint density at radius 3 is 2.69 bits per heavy atom. The van der Waals surface area contributed by atoms with E-state index in [4.69, 9.17) is 20.8 Å². The standard InChI is InChI=1S/C20H19ClN4O3S/c21-15-7-4-8-16(18(15)25-9-11-27-12-10-25)22-17(26)13-29-20-24-23-19(28-20)14-5-2-1-3-6-14/h1-8H,9-13H2,(H,22,26). The van der Waals surface area contributed by atoms with E-state index in [1.807, 2.05) is 48.5 Å². The number of hydrogen-bond donors (Lipinski definition) is 1. The van der Waals surface area contributed by atoms with Gasteiger partial charge in [-0.3, -0.25) is 4.79 Å². The predicted octanol–water partition coefficient (Wildman–Crippen LogP) is 3.96. The Morgan fingerprint density at radius 1 is 1.10 bits per heavy atom. The molecule has 4 rings (SSSR count). The van der Waals surface area contributed by atoms with E-state index < -0.39 is 0 Å². The summed E-state index contributed by atoms with van der Waals surface area (Å²) in [5.41, 5.74) is 2.34. The third-order valence-electron chi connectivity index (χ3n) is 4.34. The molecule has 29 heavy (non-hydrogen) atoms. The summed E-state index contributed by atoms with van der Waals surface area (Å²) in [6, 6.07) is 15.0. The number of carbonyl (C=O) groups is 1. The average molecular weight is 431 g/mol. The van der Waals surface area contributed by atoms with Crippen molar-refractivity contribution in [3.63, 3.8) is 0 Å². The van der Waals surface area contributed by atoms with Crippen LogP contribution in [-0.2, 0) is 9.53 Å². The number of amides is 1. The Morgan fingerprint density at radius 2 is 1.90 bits per heavy atom. The van der Waals surface area contributed by atoms with Gasteiger partial charge in [0, 0.05) is 18.7 Å². The van der Waals surface area contributed by atoms with Gasteiger partial charge >= 0.3 is 0 Å². The van der Waals surface area contributed by atoms with Crippen molar-refractivity contribution < 1.29 is 13.9 Å². The fourth-order valence-electron chi connectivity index (χ4n) is 3.00. The monoisotopic (exact) mass is 430 g/mol. The number of morpholine rings is 1. The van der Waals surface area contributed by atoms with Crippen LogP contribution in [0.1, 0.15) is 0 Å². The molecule has 1 saturated heterocycles. The molecule has 1 fully saturated rings. The van der Waals surface area contributed by atoms with Crippen molar-refractivity contribution in [2.75, 3.05) is 42.3 Å². The van der Waals surface area contributed by atoms with E-state index in [9.17, 15) is 4.79 Å². The zero-order valence-corrected chi connectivity index (χ0v) is 17.1. The maximum atomic E-state index is 12.5. The number of rotatable bonds is 6. The Labute approximate surface area is 177 Å². The van der Waals surface area contributed by atoms with Gasteiger partial charge in [0.2, 0.25) is 11.8 Å². The Bertz CT molecular complexity index is 977. The third kappa shape index (κ3) is 4.90. The number of anilines is 2. The van der Waals surface area contributed by atoms with Gasteiger partial charge in [0.1, 0.15) is 0 Å². The summed E-state index contributed by atoms with van der Waals surface area (Å²) in [4.78, 5) is 14.6. The fourth-order valence-corrected chi connectivity index (χ4v) is 3.86. The number of hydrogen-bond acceptors (Lipinski definition) is 7. The quantitative estimate of drug-likeness (QED) is 0.593. The lowest BCUT2D eigenvalue weighted by molar-refractivity contribution is -0.113. The van der Waals surface area contributed by atoms with E-state index in [0.717, 1.165) is 24.3 Å². The molecule has 0 bridgehead atoms. The van der Waals surface area contributed by atoms with Gasteiger partial charge in [0.25, 0.3) is 5.22 Å². The number of carbonyl (C=O) groups excluding carboxylic acids is 1. The first kappa shape index (κ1) is 19.8. The SMILES string of the molecule is O=C(CSc1nnc(-c2ccccc2)o1)Nc1cccc(Cl)c1N1CCOCC1. The van der Waals surface area contributed by atoms with E-state index in [2.05, 4.69) is 20.4 Å². The first-order valence-electron chi connectivity index (χ1n) is 9.13. The van der Waals surface area contributed by atoms with E-state index >= 15 is 0 Å². The minimum absolute atomic E-state index is 0.144. The van der Waals surface area contributed by atoms with Crippen molar-refractivity contribution in [3.05, 3.63) is 53.6 Å². The first-order valence-corrected chi connectivity index (χ1v) is 10.5. The number of aromatic nitrogens is 2. The summed E-state index contributed by atoms with van der Waals surface area (Å²) in [6.45, 7) is 2.72. The normalized spacial score (nSPS) is 14.0. The molecule has 0 spiro atoms. The van der Waals surface area contributed by atoms with Gasteiger partial charge in [-0.15, -0.1) is 10.2 Å². The van der Waals surface area contributed by atoms with E-state index in [1.165, 1.54) is 11.8 Å². The summed E-state index contributed by atoms with van der Waals surface area (Å²) in [7, 11) is 0. The van der Waals surface area contributed by atoms with Crippen LogP contribution in [0.3, 0.4) is 0 Å². The molecule has 7 nitrogen and oxygen atoms in total. The van der Waals surface area contributed by atoms with Crippen molar-refractivity contribution >= 4 is 40.6 Å². The maximum absolute atomic E-state index is 12.5. The second-order valence-electron chi connectivity index (χ2n) is 6.31. The molecule has 0 saturated carbocycles. The molecule has 0 atom stereocenters. The number of halogens is 1. The number of para-hydroxylation sites is 1. The van der Waals surface area contributed by atoms with Crippen LogP contribution in [0.15, 0.2) is 58.2 Å². The van der Waals surface area contributed by atoms with Crippen molar-refractivity contribution in [3.8, 4) is 11.5 Å². The highest BCUT2D eigenvalue weighted by Crippen LogP contribution is 2.34. The molecular weight excluding hydrogens is 412 g/mol. The van der Waals surface area contributed by atoms with Gasteiger partial charge in [-0.1, -0.05) is 47.6 Å². The number of benzene rings is 2. The average Bonchev–Trinajstić information content (AvgIpc) is 3.23. The molecule has 1 aromatic heterocycles. The van der Waals surface area contributed by atoms with Gasteiger partial charge in [-0.05, 0) is 24.3 Å². The first-order chi connectivity index (χ1) is 14.2. The molecule has 9 heteroatoms. The van der Waals surface area contributed by atoms with Crippen molar-refractivity contribution in [2.45, 2.75) is 5.22 Å². The molecule has 2 aromatic carbocycles. The number of nitrogens with zero attached hydrogens (tertiary/aromatic N) is 3. The molecule has 0 aliphatic carbocycles. The van der Waals surface area contributed by atoms with Gasteiger partial charge < -0.3 is 19.4 Å². The molecule has 150 valence electrons. The van der Waals surface area contributed by atoms with Crippen LogP contribution in [0.5, 0.6) is 0 Å². The highest BCUT2D eigenvalue weighted by molar-refractivity contribution is 7.99. The lowest BCUT2D eigenvalue weighted by atomic mass is 10.2. The third-order valence-corrected chi connectivity index (χ3v) is 5.47. The minimum Gasteiger partial charge on any atom is -0.411 e. The van der Waals surface area contributed by atoms with Crippen molar-refractivity contribution in [1.29, 1.82) is 0 Å². The van der Waals surface area contributed by atoms with Crippen LogP contribution >= 0.6 is 23.4 Å². The van der Waals surface area contributed by atoms with Gasteiger partial charge in [-0.2, -0.15) is 0 Å². The van der Waals surface area contributed by atoms with E-state index in [-0.39, 0.29) is 11.7 Å². The van der Waals surface area contributed by atoms with E-state index in [1.54, 1.807) is 0 Å². The summed E-state index contributed by atoms with van der Waals surface area (Å²) < 4.78 is 11.0. The van der Waals surface area contributed by atoms with Crippen LogP contribution in [0.25, 0.3) is 11.5 Å². The Balaban J connectivity index is 1.39. The fraction of sp³-hybridized carbons (Fsp3) is 0.250. The predicted molar refractivity (Wildman–Crippen MR) is 114 cm³/mol. The zero-order valence-electron chi connectivity index (χ0n) is 15.5. The molecule has 3 aromatic rings. The molecule has 1 aliphatic rings. The van der Waals surface area contributed by atoms with Crippen molar-refractivity contribution in [1.82, 2.24) is 10.2 Å². The highest BCUT2D eigenvalue weighted by atomic mass is 35.5. The summed E-state index contributed by atoms with van der Waals surface area (Å²) in [6.07, 6.45) is 0. The maximum Gasteiger partial charge on any atom is 0.277 e. The van der Waals surface area contributed by atoms with Crippen LogP contribution < -0.4 is 10.2 Å². The molecule has 1 N–H and O–H groups in total. The van der Waals surface area contributed by atoms with Crippen LogP contribution in [0.4, 0.5) is 11.4 Å². The van der Waals surface area contributed by atoms with Crippen LogP contribution in [0, 0.1) is 0 Å². The summed E-state index contributed by atoms with van der Waals surface area (Å²) in [5.74, 6) is 0.398. The zero-order chi connectivity index (χ0) is 20.1. The summed E-state index contributed by atoms with van der Waals surface area (Å²) in [5, 5.41) is 11.9. The van der Waals surface area contributed by atoms with E-state index in [0.29, 0.717) is 35.0 Å². The smallest absolute Gasteiger partial charge is 0.277 e. The lowest BCUT2D eigenvalue weighted by Gasteiger charge is -2.31. The minimum atomic E-state index is -0.175. The number of ether oxygens (including phenoxy) is 1. The molecule has 2 heterocycles. The van der Waals surface area contributed by atoms with Gasteiger partial charge in [-0.25, -0.2) is 0 Å². The lowest BCUT2D eigenvalue weighted by Crippen LogP contribution is -2.37. The molecule has 1 aliphatic heterocycles. The largest absolute Gasteiger partial charge is 0.411 e. The molecular formula is C20H19ClN4O3S. The molecule has 0 unspecified atom stereocenters. The van der Waals surface area contributed by atoms with Gasteiger partial charge in [0.15, 0.2) is 0 Å². The summed E-state index contributed by atoms with van der Waals surface area (Å²) >= 11 is 7.60. The Kier molecular flexibility index (Phi) is 6.33. The number of nitrogens with one attached hydrogen (secondary N) is 1. The number of thioether (sulfide) groups is 1.